The highest BCUT2D eigenvalue weighted by Gasteiger charge is 1.80. The van der Waals surface area contributed by atoms with Crippen molar-refractivity contribution < 1.29 is 5.11 Å². The summed E-state index contributed by atoms with van der Waals surface area (Å²) in [4.78, 5) is 0. The molecule has 0 amide bonds. The van der Waals surface area contributed by atoms with Crippen LogP contribution in [-0.4, -0.2) is 11.7 Å². The predicted octanol–water partition coefficient (Wildman–Crippen LogP) is 2.06. The molecule has 1 N–H and O–H groups in total. The lowest BCUT2D eigenvalue weighted by Crippen LogP contribution is -1.72. The van der Waals surface area contributed by atoms with Gasteiger partial charge in [0, 0.05) is 0 Å². The molecule has 0 bridgehead atoms. The fourth-order valence-corrected chi connectivity index (χ4v) is 0.583. The Bertz CT molecular complexity index is 143. The van der Waals surface area contributed by atoms with E-state index in [2.05, 4.69) is 13.5 Å². The number of aliphatic hydroxyl groups excluding tert-OH is 1. The highest BCUT2D eigenvalue weighted by Crippen LogP contribution is 2.00. The number of aliphatic hydroxyl groups is 1. The number of allylic oxidation sites excluding steroid dienone is 4. The molecule has 0 heterocycles. The Morgan fingerprint density at radius 1 is 1.60 bits per heavy atom. The molecule has 0 atom stereocenters. The Kier molecular flexibility index (Phi) is 5.79. The zero-order valence-electron chi connectivity index (χ0n) is 6.38. The Morgan fingerprint density at radius 2 is 2.30 bits per heavy atom. The fraction of sp³-hybridized carbons (Fsp3) is 0.333. The summed E-state index contributed by atoms with van der Waals surface area (Å²) < 4.78 is 0. The summed E-state index contributed by atoms with van der Waals surface area (Å²) in [7, 11) is 0. The van der Waals surface area contributed by atoms with E-state index in [0.717, 1.165) is 6.42 Å². The molecule has 10 heavy (non-hydrogen) atoms. The van der Waals surface area contributed by atoms with Crippen LogP contribution in [-0.2, 0) is 0 Å². The van der Waals surface area contributed by atoms with E-state index in [-0.39, 0.29) is 6.61 Å². The van der Waals surface area contributed by atoms with Crippen molar-refractivity contribution in [2.24, 2.45) is 0 Å². The monoisotopic (exact) mass is 138 g/mol. The highest BCUT2D eigenvalue weighted by atomic mass is 16.2. The third-order valence-corrected chi connectivity index (χ3v) is 1.22. The maximum Gasteiger partial charge on any atom is 0.0615 e. The normalized spacial score (nSPS) is 12.4. The quantitative estimate of drug-likeness (QED) is 0.589. The predicted molar refractivity (Wildman–Crippen MR) is 44.8 cm³/mol. The molecule has 0 radical (unpaired) electrons. The van der Waals surface area contributed by atoms with Gasteiger partial charge < -0.3 is 5.11 Å². The van der Waals surface area contributed by atoms with Gasteiger partial charge in [0.25, 0.3) is 0 Å². The van der Waals surface area contributed by atoms with Gasteiger partial charge in [-0.15, -0.1) is 0 Å². The topological polar surface area (TPSA) is 20.2 Å². The summed E-state index contributed by atoms with van der Waals surface area (Å²) in [6.45, 7) is 5.82. The van der Waals surface area contributed by atoms with E-state index in [4.69, 9.17) is 5.11 Å². The lowest BCUT2D eigenvalue weighted by Gasteiger charge is -1.90. The molecule has 0 saturated carbocycles. The van der Waals surface area contributed by atoms with Crippen LogP contribution in [0.3, 0.4) is 0 Å². The lowest BCUT2D eigenvalue weighted by atomic mass is 10.2. The van der Waals surface area contributed by atoms with E-state index in [1.807, 2.05) is 18.2 Å². The van der Waals surface area contributed by atoms with Crippen molar-refractivity contribution in [3.8, 4) is 0 Å². The van der Waals surface area contributed by atoms with Gasteiger partial charge in [-0.05, 0) is 12.0 Å². The zero-order chi connectivity index (χ0) is 7.82. The number of hydrogen-bond donors (Lipinski definition) is 1. The Labute approximate surface area is 62.4 Å². The first kappa shape index (κ1) is 9.18. The molecule has 0 aromatic heterocycles. The minimum atomic E-state index is 0.102. The smallest absolute Gasteiger partial charge is 0.0615 e. The fourth-order valence-electron chi connectivity index (χ4n) is 0.583. The van der Waals surface area contributed by atoms with E-state index in [0.29, 0.717) is 0 Å². The van der Waals surface area contributed by atoms with E-state index in [9.17, 15) is 0 Å². The molecule has 0 unspecified atom stereocenters. The van der Waals surface area contributed by atoms with Gasteiger partial charge >= 0.3 is 0 Å². The minimum absolute atomic E-state index is 0.102. The molecule has 1 nitrogen and oxygen atoms in total. The van der Waals surface area contributed by atoms with Crippen LogP contribution in [0.5, 0.6) is 0 Å². The van der Waals surface area contributed by atoms with E-state index < -0.39 is 0 Å². The molecule has 0 aromatic carbocycles. The maximum absolute atomic E-state index is 8.38. The van der Waals surface area contributed by atoms with Crippen molar-refractivity contribution in [1.82, 2.24) is 0 Å². The highest BCUT2D eigenvalue weighted by molar-refractivity contribution is 5.21. The summed E-state index contributed by atoms with van der Waals surface area (Å²) in [6, 6.07) is 0. The van der Waals surface area contributed by atoms with Gasteiger partial charge in [0.15, 0.2) is 0 Å². The van der Waals surface area contributed by atoms with Crippen LogP contribution in [0.15, 0.2) is 36.5 Å². The van der Waals surface area contributed by atoms with Crippen molar-refractivity contribution in [2.75, 3.05) is 6.61 Å². The van der Waals surface area contributed by atoms with Gasteiger partial charge in [-0.2, -0.15) is 0 Å². The van der Waals surface area contributed by atoms with Crippen LogP contribution in [0.4, 0.5) is 0 Å². The SMILES string of the molecule is C=C/C(=C\C=C\CO)CC. The number of hydrogen-bond acceptors (Lipinski definition) is 1. The van der Waals surface area contributed by atoms with Crippen LogP contribution in [0.2, 0.25) is 0 Å². The molecule has 0 spiro atoms. The molecule has 0 aliphatic rings. The molecular formula is C9H14O. The molecule has 0 aliphatic heterocycles. The maximum atomic E-state index is 8.38. The first-order valence-electron chi connectivity index (χ1n) is 3.44. The average Bonchev–Trinajstić information content (AvgIpc) is 1.99. The lowest BCUT2D eigenvalue weighted by molar-refractivity contribution is 0.343. The zero-order valence-corrected chi connectivity index (χ0v) is 6.38. The summed E-state index contributed by atoms with van der Waals surface area (Å²) in [5.74, 6) is 0. The van der Waals surface area contributed by atoms with Crippen molar-refractivity contribution in [3.05, 3.63) is 36.5 Å². The van der Waals surface area contributed by atoms with E-state index in [1.54, 1.807) is 6.08 Å². The Hall–Kier alpha value is -0.820. The van der Waals surface area contributed by atoms with Crippen molar-refractivity contribution in [2.45, 2.75) is 13.3 Å². The van der Waals surface area contributed by atoms with Crippen LogP contribution < -0.4 is 0 Å². The standard InChI is InChI=1S/C9H14O/c1-3-9(4-2)7-5-6-8-10/h3,5-7,10H,1,4,8H2,2H3/b6-5+,9-7+. The largest absolute Gasteiger partial charge is 0.392 e. The van der Waals surface area contributed by atoms with Gasteiger partial charge in [-0.3, -0.25) is 0 Å². The summed E-state index contributed by atoms with van der Waals surface area (Å²) in [5, 5.41) is 8.38. The van der Waals surface area contributed by atoms with Gasteiger partial charge in [-0.1, -0.05) is 37.8 Å². The van der Waals surface area contributed by atoms with Crippen LogP contribution >= 0.6 is 0 Å². The van der Waals surface area contributed by atoms with Crippen molar-refractivity contribution in [1.29, 1.82) is 0 Å². The molecular weight excluding hydrogens is 124 g/mol. The average molecular weight is 138 g/mol. The van der Waals surface area contributed by atoms with Crippen LogP contribution in [0, 0.1) is 0 Å². The van der Waals surface area contributed by atoms with E-state index >= 15 is 0 Å². The summed E-state index contributed by atoms with van der Waals surface area (Å²) in [6.07, 6.45) is 8.28. The molecule has 0 rings (SSSR count). The minimum Gasteiger partial charge on any atom is -0.392 e. The van der Waals surface area contributed by atoms with E-state index in [1.165, 1.54) is 5.57 Å². The van der Waals surface area contributed by atoms with Gasteiger partial charge in [0.05, 0.1) is 6.61 Å². The van der Waals surface area contributed by atoms with Gasteiger partial charge in [-0.25, -0.2) is 0 Å². The third kappa shape index (κ3) is 4.10. The van der Waals surface area contributed by atoms with Gasteiger partial charge in [0.2, 0.25) is 0 Å². The van der Waals surface area contributed by atoms with Gasteiger partial charge in [0.1, 0.15) is 0 Å². The molecule has 0 aromatic rings. The Balaban J connectivity index is 3.85. The second kappa shape index (κ2) is 6.30. The molecule has 0 fully saturated rings. The number of rotatable bonds is 4. The van der Waals surface area contributed by atoms with Crippen LogP contribution in [0.25, 0.3) is 0 Å². The first-order chi connectivity index (χ1) is 4.85. The Morgan fingerprint density at radius 3 is 2.70 bits per heavy atom. The first-order valence-corrected chi connectivity index (χ1v) is 3.44. The second-order valence-electron chi connectivity index (χ2n) is 1.91. The van der Waals surface area contributed by atoms with Crippen molar-refractivity contribution in [3.63, 3.8) is 0 Å². The molecule has 1 heteroatoms. The molecule has 0 saturated heterocycles. The second-order valence-corrected chi connectivity index (χ2v) is 1.91. The molecule has 56 valence electrons. The van der Waals surface area contributed by atoms with Crippen LogP contribution in [0.1, 0.15) is 13.3 Å². The van der Waals surface area contributed by atoms with Crippen molar-refractivity contribution >= 4 is 0 Å². The summed E-state index contributed by atoms with van der Waals surface area (Å²) >= 11 is 0. The summed E-state index contributed by atoms with van der Waals surface area (Å²) in [5.41, 5.74) is 1.18. The molecule has 0 aliphatic carbocycles. The third-order valence-electron chi connectivity index (χ3n) is 1.22.